The highest BCUT2D eigenvalue weighted by molar-refractivity contribution is 5.49. The van der Waals surface area contributed by atoms with Crippen LogP contribution in [0, 0.1) is 18.8 Å². The van der Waals surface area contributed by atoms with E-state index in [1.807, 2.05) is 12.4 Å². The quantitative estimate of drug-likeness (QED) is 0.797. The molecule has 0 unspecified atom stereocenters. The van der Waals surface area contributed by atoms with Crippen LogP contribution >= 0.6 is 0 Å². The van der Waals surface area contributed by atoms with Crippen molar-refractivity contribution in [3.63, 3.8) is 0 Å². The average molecular weight is 202 g/mol. The van der Waals surface area contributed by atoms with E-state index in [1.165, 1.54) is 36.9 Å². The molecule has 2 bridgehead atoms. The molecule has 0 aromatic carbocycles. The van der Waals surface area contributed by atoms with Crippen molar-refractivity contribution in [2.45, 2.75) is 38.6 Å². The Balaban J connectivity index is 1.73. The third-order valence-corrected chi connectivity index (χ3v) is 4.12. The zero-order valence-corrected chi connectivity index (χ0v) is 9.24. The fourth-order valence-corrected chi connectivity index (χ4v) is 3.24. The second kappa shape index (κ2) is 3.51. The van der Waals surface area contributed by atoms with Crippen LogP contribution in [0.25, 0.3) is 0 Å². The summed E-state index contributed by atoms with van der Waals surface area (Å²) in [7, 11) is 0. The first-order chi connectivity index (χ1) is 7.33. The van der Waals surface area contributed by atoms with E-state index >= 15 is 0 Å². The van der Waals surface area contributed by atoms with E-state index in [2.05, 4.69) is 23.3 Å². The molecule has 0 spiro atoms. The first-order valence-electron chi connectivity index (χ1n) is 6.00. The molecule has 0 aliphatic heterocycles. The van der Waals surface area contributed by atoms with Gasteiger partial charge in [0, 0.05) is 12.2 Å². The summed E-state index contributed by atoms with van der Waals surface area (Å²) in [6, 6.07) is 2.79. The summed E-state index contributed by atoms with van der Waals surface area (Å²) in [6.45, 7) is 2.15. The summed E-state index contributed by atoms with van der Waals surface area (Å²) in [6.07, 6.45) is 9.55. The number of aryl methyl sites for hydroxylation is 1. The molecule has 0 radical (unpaired) electrons. The lowest BCUT2D eigenvalue weighted by Crippen LogP contribution is -2.26. The van der Waals surface area contributed by atoms with Gasteiger partial charge in [-0.1, -0.05) is 6.42 Å². The molecular weight excluding hydrogens is 184 g/mol. The molecule has 80 valence electrons. The monoisotopic (exact) mass is 202 g/mol. The van der Waals surface area contributed by atoms with Gasteiger partial charge < -0.3 is 5.32 Å². The Labute approximate surface area is 91.1 Å². The number of anilines is 1. The van der Waals surface area contributed by atoms with Crippen molar-refractivity contribution in [2.24, 2.45) is 11.8 Å². The Morgan fingerprint density at radius 3 is 2.93 bits per heavy atom. The molecule has 3 rings (SSSR count). The number of aromatic nitrogens is 1. The van der Waals surface area contributed by atoms with E-state index in [9.17, 15) is 0 Å². The predicted octanol–water partition coefficient (Wildman–Crippen LogP) is 2.99. The van der Waals surface area contributed by atoms with Gasteiger partial charge in [-0.05, 0) is 49.7 Å². The van der Waals surface area contributed by atoms with Crippen molar-refractivity contribution >= 4 is 5.69 Å². The minimum absolute atomic E-state index is 0.714. The van der Waals surface area contributed by atoms with Gasteiger partial charge >= 0.3 is 0 Å². The standard InChI is InChI=1S/C13H18N2/c1-9-4-5-14-8-13(9)15-12-7-10-2-3-11(12)6-10/h4-5,8,10-12,15H,2-3,6-7H2,1H3/t10-,11-,12+/m1/s1. The molecule has 2 saturated carbocycles. The highest BCUT2D eigenvalue weighted by Gasteiger charge is 2.39. The van der Waals surface area contributed by atoms with Crippen LogP contribution in [-0.4, -0.2) is 11.0 Å². The Bertz CT molecular complexity index is 361. The fraction of sp³-hybridized carbons (Fsp3) is 0.615. The fourth-order valence-electron chi connectivity index (χ4n) is 3.24. The van der Waals surface area contributed by atoms with Gasteiger partial charge in [0.2, 0.25) is 0 Å². The molecule has 15 heavy (non-hydrogen) atoms. The third kappa shape index (κ3) is 1.62. The topological polar surface area (TPSA) is 24.9 Å². The third-order valence-electron chi connectivity index (χ3n) is 4.12. The predicted molar refractivity (Wildman–Crippen MR) is 61.8 cm³/mol. The first-order valence-corrected chi connectivity index (χ1v) is 6.00. The molecule has 2 fully saturated rings. The van der Waals surface area contributed by atoms with Crippen LogP contribution in [0.2, 0.25) is 0 Å². The number of nitrogens with zero attached hydrogens (tertiary/aromatic N) is 1. The summed E-state index contributed by atoms with van der Waals surface area (Å²) in [4.78, 5) is 4.19. The second-order valence-corrected chi connectivity index (χ2v) is 5.12. The van der Waals surface area contributed by atoms with Crippen molar-refractivity contribution in [3.8, 4) is 0 Å². The van der Waals surface area contributed by atoms with Crippen molar-refractivity contribution < 1.29 is 0 Å². The summed E-state index contributed by atoms with van der Waals surface area (Å²) in [5, 5.41) is 3.68. The van der Waals surface area contributed by atoms with Gasteiger partial charge in [0.15, 0.2) is 0 Å². The van der Waals surface area contributed by atoms with Crippen molar-refractivity contribution in [1.82, 2.24) is 4.98 Å². The molecule has 0 saturated heterocycles. The molecule has 1 N–H and O–H groups in total. The molecule has 0 amide bonds. The van der Waals surface area contributed by atoms with Gasteiger partial charge in [0.1, 0.15) is 0 Å². The summed E-state index contributed by atoms with van der Waals surface area (Å²) in [5.74, 6) is 1.93. The molecule has 1 aromatic heterocycles. The largest absolute Gasteiger partial charge is 0.381 e. The normalized spacial score (nSPS) is 33.3. The average Bonchev–Trinajstić information content (AvgIpc) is 2.83. The minimum atomic E-state index is 0.714. The molecule has 2 aliphatic rings. The van der Waals surface area contributed by atoms with Crippen LogP contribution in [0.15, 0.2) is 18.5 Å². The van der Waals surface area contributed by atoms with Gasteiger partial charge in [-0.25, -0.2) is 0 Å². The van der Waals surface area contributed by atoms with E-state index < -0.39 is 0 Å². The summed E-state index contributed by atoms with van der Waals surface area (Å²) < 4.78 is 0. The lowest BCUT2D eigenvalue weighted by molar-refractivity contribution is 0.439. The minimum Gasteiger partial charge on any atom is -0.381 e. The second-order valence-electron chi connectivity index (χ2n) is 5.12. The number of fused-ring (bicyclic) bond motifs is 2. The number of hydrogen-bond donors (Lipinski definition) is 1. The van der Waals surface area contributed by atoms with Crippen LogP contribution in [0.5, 0.6) is 0 Å². The van der Waals surface area contributed by atoms with E-state index in [-0.39, 0.29) is 0 Å². The van der Waals surface area contributed by atoms with E-state index in [1.54, 1.807) is 0 Å². The Hall–Kier alpha value is -1.05. The lowest BCUT2D eigenvalue weighted by Gasteiger charge is -2.24. The van der Waals surface area contributed by atoms with E-state index in [4.69, 9.17) is 0 Å². The number of pyridine rings is 1. The highest BCUT2D eigenvalue weighted by Crippen LogP contribution is 2.45. The van der Waals surface area contributed by atoms with Gasteiger partial charge in [-0.2, -0.15) is 0 Å². The zero-order chi connectivity index (χ0) is 10.3. The highest BCUT2D eigenvalue weighted by atomic mass is 15.0. The van der Waals surface area contributed by atoms with Crippen LogP contribution < -0.4 is 5.32 Å². The summed E-state index contributed by atoms with van der Waals surface area (Å²) in [5.41, 5.74) is 2.54. The Kier molecular flexibility index (Phi) is 2.15. The maximum absolute atomic E-state index is 4.19. The number of rotatable bonds is 2. The van der Waals surface area contributed by atoms with Crippen LogP contribution in [0.4, 0.5) is 5.69 Å². The van der Waals surface area contributed by atoms with Crippen molar-refractivity contribution in [1.29, 1.82) is 0 Å². The lowest BCUT2D eigenvalue weighted by atomic mass is 9.95. The van der Waals surface area contributed by atoms with Gasteiger partial charge in [0.05, 0.1) is 11.9 Å². The maximum Gasteiger partial charge on any atom is 0.0558 e. The Morgan fingerprint density at radius 2 is 2.27 bits per heavy atom. The molecule has 2 aliphatic carbocycles. The number of hydrogen-bond acceptors (Lipinski definition) is 2. The molecule has 2 nitrogen and oxygen atoms in total. The van der Waals surface area contributed by atoms with Gasteiger partial charge in [-0.15, -0.1) is 0 Å². The van der Waals surface area contributed by atoms with Crippen LogP contribution in [0.1, 0.15) is 31.2 Å². The maximum atomic E-state index is 4.19. The molecular formula is C13H18N2. The first kappa shape index (κ1) is 9.20. The molecule has 3 atom stereocenters. The van der Waals surface area contributed by atoms with Crippen molar-refractivity contribution in [2.75, 3.05) is 5.32 Å². The van der Waals surface area contributed by atoms with E-state index in [0.717, 1.165) is 11.8 Å². The molecule has 2 heteroatoms. The molecule has 1 aromatic rings. The number of nitrogens with one attached hydrogen (secondary N) is 1. The van der Waals surface area contributed by atoms with Gasteiger partial charge in [-0.3, -0.25) is 4.98 Å². The van der Waals surface area contributed by atoms with Crippen LogP contribution in [0.3, 0.4) is 0 Å². The molecule has 1 heterocycles. The van der Waals surface area contributed by atoms with Gasteiger partial charge in [0.25, 0.3) is 0 Å². The smallest absolute Gasteiger partial charge is 0.0558 e. The SMILES string of the molecule is Cc1ccncc1N[C@H]1C[C@@H]2CC[C@@H]1C2. The van der Waals surface area contributed by atoms with E-state index in [0.29, 0.717) is 6.04 Å². The zero-order valence-electron chi connectivity index (χ0n) is 9.24. The van der Waals surface area contributed by atoms with Crippen molar-refractivity contribution in [3.05, 3.63) is 24.0 Å². The Morgan fingerprint density at radius 1 is 1.33 bits per heavy atom. The summed E-state index contributed by atoms with van der Waals surface area (Å²) >= 11 is 0. The van der Waals surface area contributed by atoms with Crippen LogP contribution in [-0.2, 0) is 0 Å².